The molecule has 1 unspecified atom stereocenters. The molecule has 1 N–H and O–H groups in total. The van der Waals surface area contributed by atoms with Gasteiger partial charge in [0.05, 0.1) is 17.4 Å². The summed E-state index contributed by atoms with van der Waals surface area (Å²) in [5, 5.41) is 11.2. The van der Waals surface area contributed by atoms with Gasteiger partial charge in [0, 0.05) is 23.5 Å². The lowest BCUT2D eigenvalue weighted by Crippen LogP contribution is -2.30. The van der Waals surface area contributed by atoms with Crippen molar-refractivity contribution in [3.8, 4) is 11.5 Å². The van der Waals surface area contributed by atoms with Crippen LogP contribution in [0.1, 0.15) is 31.1 Å². The Morgan fingerprint density at radius 2 is 1.72 bits per heavy atom. The maximum absolute atomic E-state index is 13.2. The van der Waals surface area contributed by atoms with Crippen molar-refractivity contribution in [3.05, 3.63) is 89.8 Å². The predicted octanol–water partition coefficient (Wildman–Crippen LogP) is 5.39. The standard InChI is InChI=1S/C26H21F3N2O5/c1-15(2)35-18-9-5-7-16(13-18)23(32)21-22(20-11-3-4-12-30-20)31(25(34)24(21)33)17-8-6-10-19(14-17)36-26(27,28)29/h3-15,22,32H,1-2H3/b23-21+. The number of hydrogen-bond acceptors (Lipinski definition) is 6. The van der Waals surface area contributed by atoms with Gasteiger partial charge >= 0.3 is 6.36 Å². The van der Waals surface area contributed by atoms with E-state index in [-0.39, 0.29) is 28.6 Å². The molecule has 0 radical (unpaired) electrons. The van der Waals surface area contributed by atoms with Crippen molar-refractivity contribution in [1.29, 1.82) is 0 Å². The minimum absolute atomic E-state index is 0.0366. The number of ether oxygens (including phenoxy) is 2. The zero-order valence-electron chi connectivity index (χ0n) is 19.2. The van der Waals surface area contributed by atoms with Crippen LogP contribution in [0.2, 0.25) is 0 Å². The van der Waals surface area contributed by atoms with Crippen molar-refractivity contribution in [1.82, 2.24) is 4.98 Å². The molecule has 36 heavy (non-hydrogen) atoms. The van der Waals surface area contributed by atoms with E-state index in [1.807, 2.05) is 13.8 Å². The van der Waals surface area contributed by atoms with E-state index in [1.165, 1.54) is 24.4 Å². The van der Waals surface area contributed by atoms with Gasteiger partial charge in [-0.2, -0.15) is 0 Å². The number of carbonyl (C=O) groups is 2. The average Bonchev–Trinajstić information content (AvgIpc) is 3.08. The van der Waals surface area contributed by atoms with Gasteiger partial charge < -0.3 is 14.6 Å². The second-order valence-electron chi connectivity index (χ2n) is 8.16. The number of aliphatic hydroxyl groups excluding tert-OH is 1. The fourth-order valence-corrected chi connectivity index (χ4v) is 3.89. The molecular formula is C26H21F3N2O5. The lowest BCUT2D eigenvalue weighted by atomic mass is 9.98. The molecule has 10 heteroatoms. The molecule has 0 saturated carbocycles. The van der Waals surface area contributed by atoms with Gasteiger partial charge in [0.25, 0.3) is 11.7 Å². The summed E-state index contributed by atoms with van der Waals surface area (Å²) in [6.45, 7) is 3.66. The number of amides is 1. The summed E-state index contributed by atoms with van der Waals surface area (Å²) in [5.74, 6) is -2.65. The maximum atomic E-state index is 13.2. The summed E-state index contributed by atoms with van der Waals surface area (Å²) in [5.41, 5.74) is 0.157. The Morgan fingerprint density at radius 1 is 1.00 bits per heavy atom. The highest BCUT2D eigenvalue weighted by Gasteiger charge is 2.48. The first-order chi connectivity index (χ1) is 17.0. The Bertz CT molecular complexity index is 1320. The Balaban J connectivity index is 1.86. The fourth-order valence-electron chi connectivity index (χ4n) is 3.89. The molecule has 1 fully saturated rings. The molecule has 1 aromatic heterocycles. The monoisotopic (exact) mass is 498 g/mol. The highest BCUT2D eigenvalue weighted by Crippen LogP contribution is 2.42. The summed E-state index contributed by atoms with van der Waals surface area (Å²) in [7, 11) is 0. The Labute approximate surface area is 204 Å². The quantitative estimate of drug-likeness (QED) is 0.278. The molecule has 1 aliphatic rings. The molecule has 7 nitrogen and oxygen atoms in total. The van der Waals surface area contributed by atoms with Gasteiger partial charge in [-0.15, -0.1) is 13.2 Å². The lowest BCUT2D eigenvalue weighted by molar-refractivity contribution is -0.274. The van der Waals surface area contributed by atoms with Gasteiger partial charge in [0.15, 0.2) is 0 Å². The van der Waals surface area contributed by atoms with E-state index in [4.69, 9.17) is 4.74 Å². The van der Waals surface area contributed by atoms with Gasteiger partial charge in [-0.05, 0) is 50.2 Å². The summed E-state index contributed by atoms with van der Waals surface area (Å²) in [6, 6.07) is 14.7. The van der Waals surface area contributed by atoms with Crippen LogP contribution in [0, 0.1) is 0 Å². The number of Topliss-reactive ketones (excluding diaryl/α,β-unsaturated/α-hetero) is 1. The van der Waals surface area contributed by atoms with Crippen molar-refractivity contribution in [3.63, 3.8) is 0 Å². The van der Waals surface area contributed by atoms with E-state index in [0.29, 0.717) is 5.75 Å². The summed E-state index contributed by atoms with van der Waals surface area (Å²) in [6.07, 6.45) is -3.65. The van der Waals surface area contributed by atoms with E-state index >= 15 is 0 Å². The van der Waals surface area contributed by atoms with E-state index in [2.05, 4.69) is 9.72 Å². The van der Waals surface area contributed by atoms with Crippen LogP contribution in [-0.4, -0.2) is 34.2 Å². The minimum atomic E-state index is -4.95. The van der Waals surface area contributed by atoms with Gasteiger partial charge in [-0.1, -0.05) is 24.3 Å². The highest BCUT2D eigenvalue weighted by molar-refractivity contribution is 6.51. The Morgan fingerprint density at radius 3 is 2.39 bits per heavy atom. The average molecular weight is 498 g/mol. The minimum Gasteiger partial charge on any atom is -0.507 e. The molecule has 0 aliphatic carbocycles. The molecule has 1 saturated heterocycles. The molecule has 3 aromatic rings. The van der Waals surface area contributed by atoms with Gasteiger partial charge in [0.1, 0.15) is 23.3 Å². The van der Waals surface area contributed by atoms with Gasteiger partial charge in [-0.25, -0.2) is 0 Å². The van der Waals surface area contributed by atoms with Crippen LogP contribution in [0.25, 0.3) is 5.76 Å². The molecule has 0 spiro atoms. The number of anilines is 1. The summed E-state index contributed by atoms with van der Waals surface area (Å²) >= 11 is 0. The second kappa shape index (κ2) is 9.73. The number of alkyl halides is 3. The van der Waals surface area contributed by atoms with E-state index < -0.39 is 35.6 Å². The van der Waals surface area contributed by atoms with Gasteiger partial charge in [-0.3, -0.25) is 19.5 Å². The molecule has 1 aliphatic heterocycles. The second-order valence-corrected chi connectivity index (χ2v) is 8.16. The van der Waals surface area contributed by atoms with Crippen LogP contribution in [0.15, 0.2) is 78.5 Å². The third kappa shape index (κ3) is 5.17. The zero-order valence-corrected chi connectivity index (χ0v) is 19.2. The molecule has 186 valence electrons. The number of aliphatic hydroxyl groups is 1. The lowest BCUT2D eigenvalue weighted by Gasteiger charge is -2.25. The van der Waals surface area contributed by atoms with Crippen LogP contribution < -0.4 is 14.4 Å². The molecule has 2 heterocycles. The van der Waals surface area contributed by atoms with E-state index in [0.717, 1.165) is 17.0 Å². The smallest absolute Gasteiger partial charge is 0.507 e. The van der Waals surface area contributed by atoms with Crippen molar-refractivity contribution >= 4 is 23.1 Å². The molecular weight excluding hydrogens is 477 g/mol. The maximum Gasteiger partial charge on any atom is 0.573 e. The first-order valence-electron chi connectivity index (χ1n) is 10.9. The highest BCUT2D eigenvalue weighted by atomic mass is 19.4. The van der Waals surface area contributed by atoms with Crippen LogP contribution in [0.3, 0.4) is 0 Å². The predicted molar refractivity (Wildman–Crippen MR) is 124 cm³/mol. The topological polar surface area (TPSA) is 89.0 Å². The SMILES string of the molecule is CC(C)Oc1cccc(/C(O)=C2\C(=O)C(=O)N(c3cccc(OC(F)(F)F)c3)C2c2ccccn2)c1. The molecule has 1 amide bonds. The number of halogens is 3. The Hall–Kier alpha value is -4.34. The summed E-state index contributed by atoms with van der Waals surface area (Å²) < 4.78 is 48.0. The van der Waals surface area contributed by atoms with Crippen LogP contribution in [0.4, 0.5) is 18.9 Å². The Kier molecular flexibility index (Phi) is 6.69. The normalized spacial score (nSPS) is 17.5. The number of rotatable bonds is 6. The number of ketones is 1. The molecule has 2 aromatic carbocycles. The van der Waals surface area contributed by atoms with Crippen molar-refractivity contribution < 1.29 is 37.3 Å². The molecule has 0 bridgehead atoms. The fraction of sp³-hybridized carbons (Fsp3) is 0.192. The number of hydrogen-bond donors (Lipinski definition) is 1. The largest absolute Gasteiger partial charge is 0.573 e. The van der Waals surface area contributed by atoms with Crippen molar-refractivity contribution in [2.75, 3.05) is 4.90 Å². The van der Waals surface area contributed by atoms with Crippen molar-refractivity contribution in [2.45, 2.75) is 32.4 Å². The third-order valence-corrected chi connectivity index (χ3v) is 5.22. The number of aromatic nitrogens is 1. The van der Waals surface area contributed by atoms with E-state index in [1.54, 1.807) is 36.4 Å². The number of pyridine rings is 1. The van der Waals surface area contributed by atoms with Crippen molar-refractivity contribution in [2.24, 2.45) is 0 Å². The number of benzene rings is 2. The summed E-state index contributed by atoms with van der Waals surface area (Å²) in [4.78, 5) is 31.6. The van der Waals surface area contributed by atoms with Gasteiger partial charge in [0.2, 0.25) is 0 Å². The zero-order chi connectivity index (χ0) is 26.0. The number of nitrogens with zero attached hydrogens (tertiary/aromatic N) is 2. The molecule has 1 atom stereocenters. The third-order valence-electron chi connectivity index (χ3n) is 5.22. The van der Waals surface area contributed by atoms with E-state index in [9.17, 15) is 27.9 Å². The van der Waals surface area contributed by atoms with Crippen LogP contribution in [0.5, 0.6) is 11.5 Å². The van der Waals surface area contributed by atoms with Crippen LogP contribution >= 0.6 is 0 Å². The first kappa shape index (κ1) is 24.8. The first-order valence-corrected chi connectivity index (χ1v) is 10.9. The number of carbonyl (C=O) groups excluding carboxylic acids is 2. The molecule has 4 rings (SSSR count). The van der Waals surface area contributed by atoms with Crippen LogP contribution in [-0.2, 0) is 9.59 Å².